The number of hydrogen-bond donors (Lipinski definition) is 0. The Morgan fingerprint density at radius 1 is 0.405 bits per heavy atom. The van der Waals surface area contributed by atoms with Crippen molar-refractivity contribution in [2.75, 3.05) is 19.8 Å². The quantitative estimate of drug-likeness (QED) is 0.0278. The van der Waals surface area contributed by atoms with Gasteiger partial charge in [0.2, 0.25) is 5.79 Å². The predicted molar refractivity (Wildman–Crippen MR) is 279 cm³/mol. The molecule has 0 bridgehead atoms. The van der Waals surface area contributed by atoms with Crippen LogP contribution in [0.3, 0.4) is 0 Å². The third kappa shape index (κ3) is 14.8. The van der Waals surface area contributed by atoms with Crippen molar-refractivity contribution in [1.29, 1.82) is 0 Å². The molecule has 0 N–H and O–H groups in total. The first-order valence-corrected chi connectivity index (χ1v) is 25.1. The van der Waals surface area contributed by atoms with Crippen LogP contribution in [0.2, 0.25) is 0 Å². The number of ether oxygens (including phenoxy) is 10. The van der Waals surface area contributed by atoms with Crippen molar-refractivity contribution in [3.05, 3.63) is 262 Å². The zero-order valence-corrected chi connectivity index (χ0v) is 41.3. The molecule has 7 aromatic carbocycles. The second-order valence-electron chi connectivity index (χ2n) is 18.3. The summed E-state index contributed by atoms with van der Waals surface area (Å²) < 4.78 is 69.2. The summed E-state index contributed by atoms with van der Waals surface area (Å²) >= 11 is 0. The Morgan fingerprint density at radius 3 is 1.18 bits per heavy atom. The molecule has 2 unspecified atom stereocenters. The largest absolute Gasteiger partial charge is 0.374 e. The molecule has 74 heavy (non-hydrogen) atoms. The van der Waals surface area contributed by atoms with E-state index in [1.54, 1.807) is 0 Å². The van der Waals surface area contributed by atoms with Crippen LogP contribution in [-0.4, -0.2) is 74.6 Å². The van der Waals surface area contributed by atoms with Gasteiger partial charge >= 0.3 is 0 Å². The van der Waals surface area contributed by atoms with Crippen LogP contribution in [0.25, 0.3) is 10.4 Å². The zero-order chi connectivity index (χ0) is 50.5. The smallest absolute Gasteiger partial charge is 0.224 e. The molecular weight excluding hydrogens is 935 g/mol. The molecule has 9 atom stereocenters. The maximum absolute atomic E-state index is 10.5. The van der Waals surface area contributed by atoms with E-state index in [1.807, 2.05) is 212 Å². The molecule has 0 saturated carbocycles. The lowest BCUT2D eigenvalue weighted by molar-refractivity contribution is -0.377. The van der Waals surface area contributed by atoms with E-state index in [-0.39, 0.29) is 52.9 Å². The topological polar surface area (TPSA) is 141 Å². The normalized spacial score (nSPS) is 23.5. The molecule has 0 amide bonds. The van der Waals surface area contributed by atoms with E-state index in [4.69, 9.17) is 47.4 Å². The van der Waals surface area contributed by atoms with Gasteiger partial charge in [0, 0.05) is 4.91 Å². The molecule has 7 aromatic rings. The molecule has 2 heterocycles. The van der Waals surface area contributed by atoms with Gasteiger partial charge in [-0.05, 0) is 44.5 Å². The Bertz CT molecular complexity index is 2710. The van der Waals surface area contributed by atoms with Crippen molar-refractivity contribution in [2.24, 2.45) is 5.11 Å². The van der Waals surface area contributed by atoms with E-state index in [0.717, 1.165) is 38.9 Å². The van der Waals surface area contributed by atoms with Crippen LogP contribution in [-0.2, 0) is 93.6 Å². The van der Waals surface area contributed by atoms with E-state index in [0.29, 0.717) is 13.2 Å². The van der Waals surface area contributed by atoms with Crippen LogP contribution in [0.15, 0.2) is 217 Å². The maximum Gasteiger partial charge on any atom is 0.224 e. The van der Waals surface area contributed by atoms with E-state index in [9.17, 15) is 5.53 Å². The lowest BCUT2D eigenvalue weighted by Crippen LogP contribution is -2.63. The van der Waals surface area contributed by atoms with E-state index in [2.05, 4.69) is 10.0 Å². The monoisotopic (exact) mass is 997 g/mol. The first-order chi connectivity index (χ1) is 36.6. The summed E-state index contributed by atoms with van der Waals surface area (Å²) in [5.41, 5.74) is 17.1. The average molecular weight is 998 g/mol. The summed E-state index contributed by atoms with van der Waals surface area (Å²) in [7, 11) is 0. The van der Waals surface area contributed by atoms with Gasteiger partial charge in [-0.25, -0.2) is 0 Å². The van der Waals surface area contributed by atoms with E-state index < -0.39 is 54.7 Å². The Kier molecular flexibility index (Phi) is 19.6. The second kappa shape index (κ2) is 27.7. The molecule has 2 saturated heterocycles. The summed E-state index contributed by atoms with van der Waals surface area (Å²) in [6, 6.07) is 68.1. The third-order valence-electron chi connectivity index (χ3n) is 12.9. The van der Waals surface area contributed by atoms with Gasteiger partial charge in [0.05, 0.1) is 59.5 Å². The number of rotatable bonds is 27. The highest BCUT2D eigenvalue weighted by Crippen LogP contribution is 2.42. The predicted octanol–water partition coefficient (Wildman–Crippen LogP) is 11.5. The molecule has 2 fully saturated rings. The average Bonchev–Trinajstić information content (AvgIpc) is 3.74. The summed E-state index contributed by atoms with van der Waals surface area (Å²) in [5, 5.41) is 4.43. The van der Waals surface area contributed by atoms with Crippen molar-refractivity contribution in [3.8, 4) is 0 Å². The third-order valence-corrected chi connectivity index (χ3v) is 12.9. The van der Waals surface area contributed by atoms with Gasteiger partial charge in [-0.3, -0.25) is 0 Å². The molecule has 13 heteroatoms. The van der Waals surface area contributed by atoms with Crippen LogP contribution in [0.1, 0.15) is 38.9 Å². The molecule has 2 aliphatic rings. The van der Waals surface area contributed by atoms with Gasteiger partial charge in [0.1, 0.15) is 49.3 Å². The van der Waals surface area contributed by atoms with Gasteiger partial charge in [-0.1, -0.05) is 217 Å². The summed E-state index contributed by atoms with van der Waals surface area (Å²) in [6.07, 6.45) is -6.43. The van der Waals surface area contributed by atoms with Gasteiger partial charge in [0.15, 0.2) is 6.29 Å². The SMILES string of the molecule is [N-]=[N+]=N[C@H]1C(OC2(COCc3ccccc3)O[C@H](COCc3ccccc3)[C@@H](OCc3ccccc3)[C@@H]2OCc2ccccc2)O[C@H](COCc2ccccc2)[C@@H](OCc2ccccc2)[C@@H]1OCc1ccccc1. The van der Waals surface area contributed by atoms with Gasteiger partial charge in [-0.2, -0.15) is 0 Å². The Hall–Kier alpha value is -6.55. The van der Waals surface area contributed by atoms with Crippen LogP contribution < -0.4 is 0 Å². The fraction of sp³-hybridized carbons (Fsp3) is 0.311. The lowest BCUT2D eigenvalue weighted by Gasteiger charge is -2.47. The standard InChI is InChI=1S/C61H63N3O10/c62-64-63-55-58(70-41-51-32-18-6-19-33-51)56(68-39-49-28-14-4-15-29-49)53(43-65-36-46-22-8-1-9-23-46)72-60(55)74-61(45-67-38-48-26-12-3-13-27-48)59(71-42-52-34-20-7-21-35-52)57(69-40-50-30-16-5-17-31-50)54(73-61)44-66-37-47-24-10-2-11-25-47/h1-35,53-60H,36-45H2/t53-,54-,55-,56-,57-,58-,59+,60?,61?/m1/s1. The molecule has 13 nitrogen and oxygen atoms in total. The molecular formula is C61H63N3O10. The second-order valence-corrected chi connectivity index (χ2v) is 18.3. The fourth-order valence-corrected chi connectivity index (χ4v) is 9.20. The maximum atomic E-state index is 10.5. The molecule has 9 rings (SSSR count). The molecule has 0 aromatic heterocycles. The molecule has 382 valence electrons. The van der Waals surface area contributed by atoms with Gasteiger partial charge in [-0.15, -0.1) is 0 Å². The Morgan fingerprint density at radius 2 is 0.757 bits per heavy atom. The zero-order valence-electron chi connectivity index (χ0n) is 41.3. The van der Waals surface area contributed by atoms with Crippen LogP contribution >= 0.6 is 0 Å². The van der Waals surface area contributed by atoms with Crippen molar-refractivity contribution in [1.82, 2.24) is 0 Å². The van der Waals surface area contributed by atoms with Gasteiger partial charge in [0.25, 0.3) is 0 Å². The minimum atomic E-state index is -1.78. The number of hydrogen-bond acceptors (Lipinski definition) is 11. The highest BCUT2D eigenvalue weighted by molar-refractivity contribution is 5.19. The molecule has 0 spiro atoms. The number of azide groups is 1. The van der Waals surface area contributed by atoms with Crippen molar-refractivity contribution in [2.45, 2.75) is 101 Å². The van der Waals surface area contributed by atoms with Crippen molar-refractivity contribution in [3.63, 3.8) is 0 Å². The minimum absolute atomic E-state index is 0.0630. The Balaban J connectivity index is 1.11. The first kappa shape index (κ1) is 52.3. The minimum Gasteiger partial charge on any atom is -0.374 e. The van der Waals surface area contributed by atoms with Crippen LogP contribution in [0, 0.1) is 0 Å². The molecule has 2 aliphatic heterocycles. The van der Waals surface area contributed by atoms with Crippen molar-refractivity contribution < 1.29 is 47.4 Å². The van der Waals surface area contributed by atoms with Crippen LogP contribution in [0.5, 0.6) is 0 Å². The number of nitrogens with zero attached hydrogens (tertiary/aromatic N) is 3. The highest BCUT2D eigenvalue weighted by Gasteiger charge is 2.61. The summed E-state index contributed by atoms with van der Waals surface area (Å²) in [5.74, 6) is -1.78. The Labute approximate surface area is 433 Å². The van der Waals surface area contributed by atoms with Crippen molar-refractivity contribution >= 4 is 0 Å². The molecule has 0 radical (unpaired) electrons. The van der Waals surface area contributed by atoms with Crippen LogP contribution in [0.4, 0.5) is 0 Å². The summed E-state index contributed by atoms with van der Waals surface area (Å²) in [6.45, 7) is 1.61. The first-order valence-electron chi connectivity index (χ1n) is 25.1. The van der Waals surface area contributed by atoms with Gasteiger partial charge < -0.3 is 47.4 Å². The highest BCUT2D eigenvalue weighted by atomic mass is 16.8. The summed E-state index contributed by atoms with van der Waals surface area (Å²) in [4.78, 5) is 3.40. The lowest BCUT2D eigenvalue weighted by atomic mass is 9.96. The van der Waals surface area contributed by atoms with E-state index >= 15 is 0 Å². The van der Waals surface area contributed by atoms with E-state index in [1.165, 1.54) is 0 Å². The number of benzene rings is 7. The fourth-order valence-electron chi connectivity index (χ4n) is 9.20. The molecule has 0 aliphatic carbocycles.